The fourth-order valence-electron chi connectivity index (χ4n) is 3.76. The maximum Gasteiger partial charge on any atom is 0.255 e. The van der Waals surface area contributed by atoms with E-state index in [0.717, 1.165) is 37.1 Å². The van der Waals surface area contributed by atoms with E-state index in [2.05, 4.69) is 5.32 Å². The van der Waals surface area contributed by atoms with E-state index in [0.29, 0.717) is 29.2 Å². The van der Waals surface area contributed by atoms with E-state index in [9.17, 15) is 9.59 Å². The van der Waals surface area contributed by atoms with Crippen LogP contribution in [-0.2, 0) is 6.61 Å². The standard InChI is InChI=1S/C26H26N2O3/c1-19-23(26(30)28-15-5-6-16-28)13-8-14-24(19)27-25(29)21-11-7-12-22(17-21)31-18-20-9-3-2-4-10-20/h2-4,7-14,17H,5-6,15-16,18H2,1H3,(H,27,29). The molecule has 158 valence electrons. The van der Waals surface area contributed by atoms with Gasteiger partial charge >= 0.3 is 0 Å². The smallest absolute Gasteiger partial charge is 0.255 e. The number of nitrogens with zero attached hydrogens (tertiary/aromatic N) is 1. The van der Waals surface area contributed by atoms with Gasteiger partial charge in [-0.05, 0) is 61.2 Å². The van der Waals surface area contributed by atoms with E-state index in [-0.39, 0.29) is 11.8 Å². The molecule has 0 spiro atoms. The summed E-state index contributed by atoms with van der Waals surface area (Å²) in [4.78, 5) is 27.6. The van der Waals surface area contributed by atoms with Crippen molar-refractivity contribution in [2.45, 2.75) is 26.4 Å². The first-order valence-electron chi connectivity index (χ1n) is 10.6. The van der Waals surface area contributed by atoms with Crippen molar-refractivity contribution in [2.75, 3.05) is 18.4 Å². The Balaban J connectivity index is 1.46. The summed E-state index contributed by atoms with van der Waals surface area (Å²) in [6, 6.07) is 22.5. The van der Waals surface area contributed by atoms with Crippen molar-refractivity contribution in [1.82, 2.24) is 4.90 Å². The van der Waals surface area contributed by atoms with Gasteiger partial charge in [-0.15, -0.1) is 0 Å². The Labute approximate surface area is 182 Å². The third kappa shape index (κ3) is 4.94. The molecule has 1 aliphatic rings. The molecule has 1 aliphatic heterocycles. The zero-order chi connectivity index (χ0) is 21.6. The molecule has 0 aliphatic carbocycles. The third-order valence-corrected chi connectivity index (χ3v) is 5.55. The molecule has 4 rings (SSSR count). The molecule has 0 unspecified atom stereocenters. The summed E-state index contributed by atoms with van der Waals surface area (Å²) in [5.74, 6) is 0.424. The molecule has 3 aromatic carbocycles. The highest BCUT2D eigenvalue weighted by Gasteiger charge is 2.22. The zero-order valence-corrected chi connectivity index (χ0v) is 17.6. The van der Waals surface area contributed by atoms with Gasteiger partial charge < -0.3 is 15.0 Å². The summed E-state index contributed by atoms with van der Waals surface area (Å²) in [6.07, 6.45) is 2.09. The zero-order valence-electron chi connectivity index (χ0n) is 17.6. The molecule has 5 heteroatoms. The van der Waals surface area contributed by atoms with Crippen LogP contribution in [0, 0.1) is 6.92 Å². The van der Waals surface area contributed by atoms with Crippen molar-refractivity contribution < 1.29 is 14.3 Å². The van der Waals surface area contributed by atoms with Gasteiger partial charge in [-0.25, -0.2) is 0 Å². The van der Waals surface area contributed by atoms with Crippen LogP contribution in [0.15, 0.2) is 72.8 Å². The van der Waals surface area contributed by atoms with E-state index in [1.165, 1.54) is 0 Å². The molecule has 0 bridgehead atoms. The first kappa shape index (κ1) is 20.7. The largest absolute Gasteiger partial charge is 0.489 e. The predicted octanol–water partition coefficient (Wildman–Crippen LogP) is 5.06. The Kier molecular flexibility index (Phi) is 6.32. The van der Waals surface area contributed by atoms with Crippen LogP contribution in [0.2, 0.25) is 0 Å². The van der Waals surface area contributed by atoms with Crippen LogP contribution < -0.4 is 10.1 Å². The SMILES string of the molecule is Cc1c(NC(=O)c2cccc(OCc3ccccc3)c2)cccc1C(=O)N1CCCC1. The lowest BCUT2D eigenvalue weighted by Crippen LogP contribution is -2.28. The van der Waals surface area contributed by atoms with Crippen LogP contribution in [0.4, 0.5) is 5.69 Å². The second-order valence-corrected chi connectivity index (χ2v) is 7.73. The van der Waals surface area contributed by atoms with Gasteiger partial charge in [-0.2, -0.15) is 0 Å². The molecule has 1 heterocycles. The number of hydrogen-bond acceptors (Lipinski definition) is 3. The first-order chi connectivity index (χ1) is 15.1. The number of hydrogen-bond donors (Lipinski definition) is 1. The molecular formula is C26H26N2O3. The minimum Gasteiger partial charge on any atom is -0.489 e. The van der Waals surface area contributed by atoms with Crippen molar-refractivity contribution >= 4 is 17.5 Å². The van der Waals surface area contributed by atoms with Gasteiger partial charge in [0.25, 0.3) is 11.8 Å². The van der Waals surface area contributed by atoms with E-state index >= 15 is 0 Å². The molecule has 0 atom stereocenters. The lowest BCUT2D eigenvalue weighted by atomic mass is 10.0. The highest BCUT2D eigenvalue weighted by Crippen LogP contribution is 2.23. The molecular weight excluding hydrogens is 388 g/mol. The molecule has 2 amide bonds. The Hall–Kier alpha value is -3.60. The second kappa shape index (κ2) is 9.47. The average Bonchev–Trinajstić information content (AvgIpc) is 3.34. The molecule has 3 aromatic rings. The summed E-state index contributed by atoms with van der Waals surface area (Å²) in [7, 11) is 0. The van der Waals surface area contributed by atoms with Crippen LogP contribution in [0.3, 0.4) is 0 Å². The summed E-state index contributed by atoms with van der Waals surface area (Å²) in [5, 5.41) is 2.95. The van der Waals surface area contributed by atoms with Crippen LogP contribution in [-0.4, -0.2) is 29.8 Å². The Morgan fingerprint density at radius 2 is 1.68 bits per heavy atom. The number of ether oxygens (including phenoxy) is 1. The Morgan fingerprint density at radius 3 is 2.45 bits per heavy atom. The maximum absolute atomic E-state index is 12.9. The summed E-state index contributed by atoms with van der Waals surface area (Å²) in [5.41, 5.74) is 3.63. The van der Waals surface area contributed by atoms with Crippen molar-refractivity contribution in [3.63, 3.8) is 0 Å². The molecule has 1 N–H and O–H groups in total. The average molecular weight is 415 g/mol. The molecule has 0 aromatic heterocycles. The fraction of sp³-hybridized carbons (Fsp3) is 0.231. The Bertz CT molecular complexity index is 1070. The van der Waals surface area contributed by atoms with Crippen molar-refractivity contribution in [3.8, 4) is 5.75 Å². The number of carbonyl (C=O) groups excluding carboxylic acids is 2. The van der Waals surface area contributed by atoms with Gasteiger partial charge in [0, 0.05) is 29.9 Å². The molecule has 5 nitrogen and oxygen atoms in total. The number of anilines is 1. The van der Waals surface area contributed by atoms with Gasteiger partial charge in [0.05, 0.1) is 0 Å². The topological polar surface area (TPSA) is 58.6 Å². The van der Waals surface area contributed by atoms with Crippen LogP contribution in [0.5, 0.6) is 5.75 Å². The van der Waals surface area contributed by atoms with Crippen LogP contribution >= 0.6 is 0 Å². The van der Waals surface area contributed by atoms with Crippen LogP contribution in [0.1, 0.15) is 44.7 Å². The number of nitrogens with one attached hydrogen (secondary N) is 1. The lowest BCUT2D eigenvalue weighted by Gasteiger charge is -2.18. The highest BCUT2D eigenvalue weighted by molar-refractivity contribution is 6.06. The first-order valence-corrected chi connectivity index (χ1v) is 10.6. The van der Waals surface area contributed by atoms with E-state index < -0.39 is 0 Å². The summed E-state index contributed by atoms with van der Waals surface area (Å²) < 4.78 is 5.83. The van der Waals surface area contributed by atoms with Gasteiger partial charge in [0.15, 0.2) is 0 Å². The normalized spacial score (nSPS) is 13.1. The van der Waals surface area contributed by atoms with Gasteiger partial charge in [-0.3, -0.25) is 9.59 Å². The second-order valence-electron chi connectivity index (χ2n) is 7.73. The monoisotopic (exact) mass is 414 g/mol. The minimum absolute atomic E-state index is 0.0300. The lowest BCUT2D eigenvalue weighted by molar-refractivity contribution is 0.0791. The van der Waals surface area contributed by atoms with E-state index in [1.807, 2.05) is 66.4 Å². The summed E-state index contributed by atoms with van der Waals surface area (Å²) in [6.45, 7) is 3.90. The molecule has 1 fully saturated rings. The van der Waals surface area contributed by atoms with E-state index in [4.69, 9.17) is 4.74 Å². The van der Waals surface area contributed by atoms with Crippen molar-refractivity contribution in [2.24, 2.45) is 0 Å². The number of likely N-dealkylation sites (tertiary alicyclic amines) is 1. The fourth-order valence-corrected chi connectivity index (χ4v) is 3.76. The number of benzene rings is 3. The van der Waals surface area contributed by atoms with Crippen molar-refractivity contribution in [3.05, 3.63) is 95.1 Å². The minimum atomic E-state index is -0.237. The molecule has 31 heavy (non-hydrogen) atoms. The molecule has 1 saturated heterocycles. The van der Waals surface area contributed by atoms with Crippen molar-refractivity contribution in [1.29, 1.82) is 0 Å². The summed E-state index contributed by atoms with van der Waals surface area (Å²) >= 11 is 0. The Morgan fingerprint density at radius 1 is 0.935 bits per heavy atom. The number of rotatable bonds is 6. The third-order valence-electron chi connectivity index (χ3n) is 5.55. The predicted molar refractivity (Wildman–Crippen MR) is 121 cm³/mol. The molecule has 0 radical (unpaired) electrons. The van der Waals surface area contributed by atoms with Gasteiger partial charge in [-0.1, -0.05) is 42.5 Å². The van der Waals surface area contributed by atoms with E-state index in [1.54, 1.807) is 18.2 Å². The quantitative estimate of drug-likeness (QED) is 0.613. The number of carbonyl (C=O) groups is 2. The highest BCUT2D eigenvalue weighted by atomic mass is 16.5. The van der Waals surface area contributed by atoms with Gasteiger partial charge in [0.1, 0.15) is 12.4 Å². The molecule has 0 saturated carbocycles. The van der Waals surface area contributed by atoms with Gasteiger partial charge in [0.2, 0.25) is 0 Å². The number of amides is 2. The van der Waals surface area contributed by atoms with Crippen LogP contribution in [0.25, 0.3) is 0 Å². The maximum atomic E-state index is 12.9.